The zero-order valence-electron chi connectivity index (χ0n) is 18.7. The molecule has 4 N–H and O–H groups in total. The number of benzene rings is 1. The van der Waals surface area contributed by atoms with Crippen LogP contribution in [0.3, 0.4) is 0 Å². The molecule has 9 nitrogen and oxygen atoms in total. The molecule has 2 heterocycles. The Morgan fingerprint density at radius 2 is 1.89 bits per heavy atom. The van der Waals surface area contributed by atoms with Crippen LogP contribution in [0.1, 0.15) is 37.7 Å². The van der Waals surface area contributed by atoms with Crippen LogP contribution in [0.5, 0.6) is 0 Å². The Morgan fingerprint density at radius 1 is 1.11 bits per heavy atom. The minimum Gasteiger partial charge on any atom is -0.493 e. The number of amides is 1. The standard InChI is InChI=1S/C24H24N4O5S2/c25-20-10-9-18-21(27-20)34-23(26-18)28-22(30)24(12-19(24)33-15-4-3-14(29)11-15)13-1-5-16(6-2-13)35(31,32)17-7-8-17/h1-2,5-6,9-10,12,14-15,17,29H,3-4,7-8,11H2,(H2,25,27)(H,26,28,30)/t14-,15-,24?/m1/s1. The molecule has 0 saturated heterocycles. The van der Waals surface area contributed by atoms with Crippen LogP contribution in [0.2, 0.25) is 0 Å². The summed E-state index contributed by atoms with van der Waals surface area (Å²) in [4.78, 5) is 23.2. The summed E-state index contributed by atoms with van der Waals surface area (Å²) in [6.07, 6.45) is 4.41. The van der Waals surface area contributed by atoms with Gasteiger partial charge in [0, 0.05) is 6.42 Å². The maximum atomic E-state index is 13.6. The number of anilines is 2. The molecule has 35 heavy (non-hydrogen) atoms. The van der Waals surface area contributed by atoms with Crippen molar-refractivity contribution < 1.29 is 23.1 Å². The summed E-state index contributed by atoms with van der Waals surface area (Å²) < 4.78 is 31.4. The molecule has 1 amide bonds. The average Bonchev–Trinajstić information content (AvgIpc) is 3.72. The molecule has 0 radical (unpaired) electrons. The van der Waals surface area contributed by atoms with Gasteiger partial charge in [0.05, 0.1) is 16.2 Å². The number of rotatable bonds is 7. The van der Waals surface area contributed by atoms with Gasteiger partial charge in [-0.3, -0.25) is 4.79 Å². The molecule has 1 unspecified atom stereocenters. The first-order valence-electron chi connectivity index (χ1n) is 11.5. The highest BCUT2D eigenvalue weighted by Gasteiger charge is 2.56. The van der Waals surface area contributed by atoms with Gasteiger partial charge in [-0.1, -0.05) is 23.5 Å². The lowest BCUT2D eigenvalue weighted by Gasteiger charge is -2.20. The Morgan fingerprint density at radius 3 is 2.57 bits per heavy atom. The first kappa shape index (κ1) is 22.4. The van der Waals surface area contributed by atoms with Gasteiger partial charge in [-0.25, -0.2) is 18.4 Å². The lowest BCUT2D eigenvalue weighted by Crippen LogP contribution is -2.32. The largest absolute Gasteiger partial charge is 0.493 e. The van der Waals surface area contributed by atoms with E-state index in [9.17, 15) is 18.3 Å². The number of nitrogens with two attached hydrogens (primary N) is 1. The van der Waals surface area contributed by atoms with Crippen molar-refractivity contribution in [1.82, 2.24) is 9.97 Å². The highest BCUT2D eigenvalue weighted by atomic mass is 32.2. The van der Waals surface area contributed by atoms with Gasteiger partial charge >= 0.3 is 0 Å². The Labute approximate surface area is 206 Å². The lowest BCUT2D eigenvalue weighted by molar-refractivity contribution is -0.118. The molecule has 182 valence electrons. The number of carbonyl (C=O) groups is 1. The number of aromatic nitrogens is 2. The molecule has 0 aliphatic heterocycles. The summed E-state index contributed by atoms with van der Waals surface area (Å²) >= 11 is 1.22. The molecule has 0 bridgehead atoms. The van der Waals surface area contributed by atoms with Crippen molar-refractivity contribution in [2.75, 3.05) is 11.1 Å². The maximum Gasteiger partial charge on any atom is 0.248 e. The Balaban J connectivity index is 1.29. The molecule has 0 spiro atoms. The predicted octanol–water partition coefficient (Wildman–Crippen LogP) is 2.91. The first-order chi connectivity index (χ1) is 16.8. The van der Waals surface area contributed by atoms with Crippen LogP contribution in [-0.4, -0.2) is 46.9 Å². The number of nitrogen functional groups attached to an aromatic ring is 1. The normalized spacial score (nSPS) is 25.9. The fourth-order valence-corrected chi connectivity index (χ4v) is 7.08. The van der Waals surface area contributed by atoms with Crippen LogP contribution >= 0.6 is 11.3 Å². The molecule has 2 aromatic heterocycles. The minimum atomic E-state index is -3.34. The number of fused-ring (bicyclic) bond motifs is 1. The van der Waals surface area contributed by atoms with Gasteiger partial charge in [0.15, 0.2) is 20.4 Å². The second kappa shape index (κ2) is 8.00. The number of nitrogens with one attached hydrogen (secondary N) is 1. The van der Waals surface area contributed by atoms with E-state index < -0.39 is 21.4 Å². The number of nitrogens with zero attached hydrogens (tertiary/aromatic N) is 2. The van der Waals surface area contributed by atoms with Gasteiger partial charge in [0.25, 0.3) is 0 Å². The van der Waals surface area contributed by atoms with E-state index in [4.69, 9.17) is 10.5 Å². The van der Waals surface area contributed by atoms with E-state index in [1.54, 1.807) is 42.5 Å². The number of carbonyl (C=O) groups excluding carboxylic acids is 1. The molecule has 2 saturated carbocycles. The number of thiazole rings is 1. The van der Waals surface area contributed by atoms with Crippen LogP contribution in [0.25, 0.3) is 10.3 Å². The number of sulfone groups is 1. The quantitative estimate of drug-likeness (QED) is 0.438. The second-order valence-electron chi connectivity index (χ2n) is 9.33. The smallest absolute Gasteiger partial charge is 0.248 e. The Bertz CT molecular complexity index is 1460. The van der Waals surface area contributed by atoms with Crippen LogP contribution in [0, 0.1) is 0 Å². The molecule has 3 aliphatic rings. The van der Waals surface area contributed by atoms with E-state index >= 15 is 0 Å². The van der Waals surface area contributed by atoms with E-state index in [1.807, 2.05) is 0 Å². The summed E-state index contributed by atoms with van der Waals surface area (Å²) in [5.41, 5.74) is 5.83. The van der Waals surface area contributed by atoms with Crippen molar-refractivity contribution in [2.45, 2.75) is 59.9 Å². The van der Waals surface area contributed by atoms with Crippen LogP contribution < -0.4 is 11.1 Å². The zero-order chi connectivity index (χ0) is 24.4. The summed E-state index contributed by atoms with van der Waals surface area (Å²) in [5, 5.41) is 12.8. The number of hydrogen-bond acceptors (Lipinski definition) is 9. The van der Waals surface area contributed by atoms with E-state index in [0.29, 0.717) is 64.7 Å². The monoisotopic (exact) mass is 512 g/mol. The highest BCUT2D eigenvalue weighted by Crippen LogP contribution is 2.50. The molecule has 2 fully saturated rings. The van der Waals surface area contributed by atoms with Crippen molar-refractivity contribution in [2.24, 2.45) is 0 Å². The third-order valence-electron chi connectivity index (χ3n) is 6.76. The molecule has 3 aliphatic carbocycles. The Kier molecular flexibility index (Phi) is 5.13. The van der Waals surface area contributed by atoms with Gasteiger partial charge in [0.2, 0.25) is 5.91 Å². The van der Waals surface area contributed by atoms with E-state index in [2.05, 4.69) is 15.3 Å². The fraction of sp³-hybridized carbons (Fsp3) is 0.375. The predicted molar refractivity (Wildman–Crippen MR) is 132 cm³/mol. The summed E-state index contributed by atoms with van der Waals surface area (Å²) in [7, 11) is -3.34. The summed E-state index contributed by atoms with van der Waals surface area (Å²) in [6.45, 7) is 0. The second-order valence-corrected chi connectivity index (χ2v) is 12.5. The van der Waals surface area contributed by atoms with Crippen molar-refractivity contribution >= 4 is 48.4 Å². The average molecular weight is 513 g/mol. The topological polar surface area (TPSA) is 144 Å². The van der Waals surface area contributed by atoms with Crippen molar-refractivity contribution in [3.05, 3.63) is 53.8 Å². The minimum absolute atomic E-state index is 0.171. The van der Waals surface area contributed by atoms with Crippen LogP contribution in [0.15, 0.2) is 53.1 Å². The highest BCUT2D eigenvalue weighted by molar-refractivity contribution is 7.92. The number of aliphatic hydroxyl groups excluding tert-OH is 1. The number of ether oxygens (including phenoxy) is 1. The van der Waals surface area contributed by atoms with E-state index in [-0.39, 0.29) is 22.2 Å². The number of hydrogen-bond donors (Lipinski definition) is 3. The van der Waals surface area contributed by atoms with Crippen molar-refractivity contribution in [3.63, 3.8) is 0 Å². The summed E-state index contributed by atoms with van der Waals surface area (Å²) in [5.74, 6) is 0.515. The zero-order valence-corrected chi connectivity index (χ0v) is 20.3. The molecule has 1 aromatic carbocycles. The SMILES string of the molecule is Nc1ccc2nc(NC(=O)C3(c4ccc(S(=O)(=O)C5CC5)cc4)C=C3O[C@@H]3CC[C@@H](O)C3)sc2n1. The van der Waals surface area contributed by atoms with Gasteiger partial charge in [0.1, 0.15) is 28.0 Å². The third-order valence-corrected chi connectivity index (χ3v) is 9.92. The lowest BCUT2D eigenvalue weighted by atomic mass is 9.91. The number of aliphatic hydroxyl groups is 1. The van der Waals surface area contributed by atoms with Crippen molar-refractivity contribution in [3.8, 4) is 0 Å². The van der Waals surface area contributed by atoms with E-state index in [1.165, 1.54) is 11.3 Å². The molecular formula is C24H24N4O5S2. The van der Waals surface area contributed by atoms with Gasteiger partial charge < -0.3 is 20.9 Å². The maximum absolute atomic E-state index is 13.6. The fourth-order valence-electron chi connectivity index (χ4n) is 4.58. The Hall–Kier alpha value is -3.02. The number of pyridine rings is 1. The molecule has 6 rings (SSSR count). The van der Waals surface area contributed by atoms with Gasteiger partial charge in [-0.2, -0.15) is 0 Å². The van der Waals surface area contributed by atoms with Crippen LogP contribution in [-0.2, 0) is 24.8 Å². The molecule has 3 atom stereocenters. The van der Waals surface area contributed by atoms with Gasteiger partial charge in [-0.05, 0) is 61.6 Å². The van der Waals surface area contributed by atoms with Crippen molar-refractivity contribution in [1.29, 1.82) is 0 Å². The summed E-state index contributed by atoms with van der Waals surface area (Å²) in [6, 6.07) is 9.86. The molecular weight excluding hydrogens is 488 g/mol. The van der Waals surface area contributed by atoms with E-state index in [0.717, 1.165) is 0 Å². The molecule has 11 heteroatoms. The molecule has 3 aromatic rings. The van der Waals surface area contributed by atoms with Crippen LogP contribution in [0.4, 0.5) is 10.9 Å². The third kappa shape index (κ3) is 3.97. The van der Waals surface area contributed by atoms with Gasteiger partial charge in [-0.15, -0.1) is 0 Å². The first-order valence-corrected chi connectivity index (χ1v) is 13.9.